The molecule has 1 saturated heterocycles. The first-order chi connectivity index (χ1) is 15.4. The maximum atomic E-state index is 12.7. The molecule has 1 fully saturated rings. The van der Waals surface area contributed by atoms with Crippen LogP contribution in [0.4, 0.5) is 11.4 Å². The summed E-state index contributed by atoms with van der Waals surface area (Å²) < 4.78 is 36.0. The highest BCUT2D eigenvalue weighted by Gasteiger charge is 2.30. The molecule has 2 amide bonds. The lowest BCUT2D eigenvalue weighted by molar-refractivity contribution is -0.120. The van der Waals surface area contributed by atoms with Gasteiger partial charge in [-0.05, 0) is 56.2 Å². The molecule has 0 atom stereocenters. The summed E-state index contributed by atoms with van der Waals surface area (Å²) in [7, 11) is -3.23. The molecule has 0 aromatic heterocycles. The highest BCUT2D eigenvalue weighted by Crippen LogP contribution is 2.32. The monoisotopic (exact) mass is 459 g/mol. The lowest BCUT2D eigenvalue weighted by Gasteiger charge is -2.30. The number of hydrogen-bond acceptors (Lipinski definition) is 6. The summed E-state index contributed by atoms with van der Waals surface area (Å²) in [5.74, 6) is 0.467. The summed E-state index contributed by atoms with van der Waals surface area (Å²) in [6, 6.07) is 11.8. The van der Waals surface area contributed by atoms with Gasteiger partial charge in [0.05, 0.1) is 5.75 Å². The number of sulfonamides is 1. The fourth-order valence-electron chi connectivity index (χ4n) is 3.74. The van der Waals surface area contributed by atoms with Crippen LogP contribution in [0.5, 0.6) is 11.5 Å². The maximum absolute atomic E-state index is 12.7. The maximum Gasteiger partial charge on any atom is 0.255 e. The number of rotatable bonds is 6. The van der Waals surface area contributed by atoms with E-state index in [0.717, 1.165) is 0 Å². The Balaban J connectivity index is 1.35. The zero-order chi connectivity index (χ0) is 22.7. The Labute approximate surface area is 186 Å². The number of nitrogens with one attached hydrogen (secondary N) is 2. The molecular formula is C22H25N3O6S. The number of carbonyl (C=O) groups is 2. The number of fused-ring (bicyclic) bond motifs is 1. The van der Waals surface area contributed by atoms with E-state index in [1.165, 1.54) is 4.31 Å². The molecule has 0 spiro atoms. The van der Waals surface area contributed by atoms with Crippen molar-refractivity contribution in [2.24, 2.45) is 5.92 Å². The van der Waals surface area contributed by atoms with Crippen LogP contribution >= 0.6 is 0 Å². The zero-order valence-corrected chi connectivity index (χ0v) is 18.5. The summed E-state index contributed by atoms with van der Waals surface area (Å²) in [6.07, 6.45) is 0.956. The number of ether oxygens (including phenoxy) is 2. The molecule has 10 heteroatoms. The predicted octanol–water partition coefficient (Wildman–Crippen LogP) is 2.67. The van der Waals surface area contributed by atoms with Gasteiger partial charge in [-0.2, -0.15) is 0 Å². The Morgan fingerprint density at radius 2 is 1.69 bits per heavy atom. The number of piperidine rings is 1. The van der Waals surface area contributed by atoms with Gasteiger partial charge in [-0.1, -0.05) is 6.07 Å². The highest BCUT2D eigenvalue weighted by molar-refractivity contribution is 7.89. The van der Waals surface area contributed by atoms with Crippen molar-refractivity contribution in [1.29, 1.82) is 0 Å². The van der Waals surface area contributed by atoms with E-state index in [1.807, 2.05) is 0 Å². The van der Waals surface area contributed by atoms with Gasteiger partial charge in [0.2, 0.25) is 22.7 Å². The van der Waals surface area contributed by atoms with Gasteiger partial charge >= 0.3 is 0 Å². The fourth-order valence-corrected chi connectivity index (χ4v) is 4.87. The minimum atomic E-state index is -3.23. The average molecular weight is 460 g/mol. The molecule has 2 aliphatic heterocycles. The molecule has 0 saturated carbocycles. The molecule has 0 radical (unpaired) electrons. The Hall–Kier alpha value is -3.11. The third kappa shape index (κ3) is 4.86. The van der Waals surface area contributed by atoms with E-state index >= 15 is 0 Å². The molecule has 2 aromatic carbocycles. The van der Waals surface area contributed by atoms with Crippen LogP contribution in [-0.4, -0.2) is 50.2 Å². The Morgan fingerprint density at radius 3 is 2.41 bits per heavy atom. The van der Waals surface area contributed by atoms with E-state index in [2.05, 4.69) is 10.6 Å². The summed E-state index contributed by atoms with van der Waals surface area (Å²) in [4.78, 5) is 25.2. The van der Waals surface area contributed by atoms with Crippen molar-refractivity contribution in [3.05, 3.63) is 48.0 Å². The van der Waals surface area contributed by atoms with E-state index in [-0.39, 0.29) is 30.3 Å². The first-order valence-corrected chi connectivity index (χ1v) is 12.1. The van der Waals surface area contributed by atoms with E-state index in [9.17, 15) is 18.0 Å². The number of amides is 2. The Kier molecular flexibility index (Phi) is 6.33. The fraction of sp³-hybridized carbons (Fsp3) is 0.364. The minimum Gasteiger partial charge on any atom is -0.454 e. The van der Waals surface area contributed by atoms with Crippen LogP contribution < -0.4 is 20.1 Å². The van der Waals surface area contributed by atoms with Crippen LogP contribution in [0.1, 0.15) is 30.1 Å². The summed E-state index contributed by atoms with van der Waals surface area (Å²) >= 11 is 0. The quantitative estimate of drug-likeness (QED) is 0.687. The normalized spacial score (nSPS) is 16.5. The van der Waals surface area contributed by atoms with Crippen molar-refractivity contribution < 1.29 is 27.5 Å². The van der Waals surface area contributed by atoms with Crippen LogP contribution in [-0.2, 0) is 14.8 Å². The Morgan fingerprint density at radius 1 is 1.00 bits per heavy atom. The van der Waals surface area contributed by atoms with Crippen molar-refractivity contribution in [3.63, 3.8) is 0 Å². The molecular weight excluding hydrogens is 434 g/mol. The van der Waals surface area contributed by atoms with E-state index in [4.69, 9.17) is 9.47 Å². The van der Waals surface area contributed by atoms with Gasteiger partial charge in [-0.3, -0.25) is 9.59 Å². The molecule has 2 N–H and O–H groups in total. The lowest BCUT2D eigenvalue weighted by Crippen LogP contribution is -2.42. The van der Waals surface area contributed by atoms with Crippen LogP contribution in [0, 0.1) is 5.92 Å². The van der Waals surface area contributed by atoms with Gasteiger partial charge < -0.3 is 20.1 Å². The lowest BCUT2D eigenvalue weighted by atomic mass is 9.97. The van der Waals surface area contributed by atoms with Gasteiger partial charge in [0, 0.05) is 35.9 Å². The third-order valence-electron chi connectivity index (χ3n) is 5.61. The van der Waals surface area contributed by atoms with Crippen LogP contribution in [0.15, 0.2) is 42.5 Å². The number of carbonyl (C=O) groups excluding carboxylic acids is 2. The topological polar surface area (TPSA) is 114 Å². The predicted molar refractivity (Wildman–Crippen MR) is 119 cm³/mol. The number of benzene rings is 2. The molecule has 2 aromatic rings. The standard InChI is InChI=1S/C22H25N3O6S/c1-2-32(28,29)25-10-8-15(9-11-25)21(26)23-17-4-3-5-18(13-17)24-22(27)16-6-7-19-20(12-16)31-14-30-19/h3-7,12-13,15H,2,8-11,14H2,1H3,(H,23,26)(H,24,27). The van der Waals surface area contributed by atoms with Gasteiger partial charge in [-0.15, -0.1) is 0 Å². The van der Waals surface area contributed by atoms with Crippen molar-refractivity contribution in [1.82, 2.24) is 4.31 Å². The molecule has 2 aliphatic rings. The molecule has 0 aliphatic carbocycles. The van der Waals surface area contributed by atoms with Gasteiger partial charge in [0.1, 0.15) is 0 Å². The van der Waals surface area contributed by atoms with Gasteiger partial charge in [0.15, 0.2) is 11.5 Å². The molecule has 4 rings (SSSR count). The summed E-state index contributed by atoms with van der Waals surface area (Å²) in [6.45, 7) is 2.45. The molecule has 9 nitrogen and oxygen atoms in total. The van der Waals surface area contributed by atoms with Gasteiger partial charge in [0.25, 0.3) is 5.91 Å². The number of anilines is 2. The van der Waals surface area contributed by atoms with Crippen molar-refractivity contribution >= 4 is 33.2 Å². The van der Waals surface area contributed by atoms with E-state index in [0.29, 0.717) is 54.4 Å². The molecule has 0 unspecified atom stereocenters. The first kappa shape index (κ1) is 22.1. The SMILES string of the molecule is CCS(=O)(=O)N1CCC(C(=O)Nc2cccc(NC(=O)c3ccc4c(c3)OCO4)c2)CC1. The second-order valence-electron chi connectivity index (χ2n) is 7.67. The molecule has 0 bridgehead atoms. The van der Waals surface area contributed by atoms with Crippen molar-refractivity contribution in [3.8, 4) is 11.5 Å². The van der Waals surface area contributed by atoms with Crippen LogP contribution in [0.3, 0.4) is 0 Å². The molecule has 32 heavy (non-hydrogen) atoms. The largest absolute Gasteiger partial charge is 0.454 e. The third-order valence-corrected chi connectivity index (χ3v) is 7.49. The van der Waals surface area contributed by atoms with E-state index in [1.54, 1.807) is 49.4 Å². The van der Waals surface area contributed by atoms with Gasteiger partial charge in [-0.25, -0.2) is 12.7 Å². The van der Waals surface area contributed by atoms with Crippen molar-refractivity contribution in [2.75, 3.05) is 36.3 Å². The zero-order valence-electron chi connectivity index (χ0n) is 17.7. The second kappa shape index (κ2) is 9.17. The number of nitrogens with zero attached hydrogens (tertiary/aromatic N) is 1. The molecule has 2 heterocycles. The smallest absolute Gasteiger partial charge is 0.255 e. The van der Waals surface area contributed by atoms with Crippen LogP contribution in [0.25, 0.3) is 0 Å². The minimum absolute atomic E-state index is 0.0641. The summed E-state index contributed by atoms with van der Waals surface area (Å²) in [5, 5.41) is 5.68. The Bertz CT molecular complexity index is 1130. The second-order valence-corrected chi connectivity index (χ2v) is 9.92. The summed E-state index contributed by atoms with van der Waals surface area (Å²) in [5.41, 5.74) is 1.52. The van der Waals surface area contributed by atoms with Crippen LogP contribution in [0.2, 0.25) is 0 Å². The molecule has 170 valence electrons. The highest BCUT2D eigenvalue weighted by atomic mass is 32.2. The first-order valence-electron chi connectivity index (χ1n) is 10.5. The van der Waals surface area contributed by atoms with E-state index < -0.39 is 10.0 Å². The average Bonchev–Trinajstić information content (AvgIpc) is 3.27. The van der Waals surface area contributed by atoms with Crippen molar-refractivity contribution in [2.45, 2.75) is 19.8 Å². The number of hydrogen-bond donors (Lipinski definition) is 2.